The van der Waals surface area contributed by atoms with Crippen LogP contribution >= 0.6 is 11.6 Å². The van der Waals surface area contributed by atoms with Crippen molar-refractivity contribution < 1.29 is 8.42 Å². The van der Waals surface area contributed by atoms with Crippen molar-refractivity contribution in [1.82, 2.24) is 9.29 Å². The van der Waals surface area contributed by atoms with Crippen molar-refractivity contribution in [3.8, 4) is 0 Å². The van der Waals surface area contributed by atoms with Crippen molar-refractivity contribution in [3.63, 3.8) is 0 Å². The smallest absolute Gasteiger partial charge is 0.243 e. The molecule has 0 fully saturated rings. The number of pyridine rings is 1. The second-order valence-electron chi connectivity index (χ2n) is 5.53. The lowest BCUT2D eigenvalue weighted by Crippen LogP contribution is -2.35. The molecule has 0 spiro atoms. The number of sulfonamides is 1. The Labute approximate surface area is 141 Å². The topological polar surface area (TPSA) is 50.3 Å². The Hall–Kier alpha value is -1.69. The number of nitrogens with zero attached hydrogens (tertiary/aromatic N) is 2. The zero-order valence-corrected chi connectivity index (χ0v) is 14.3. The molecule has 0 amide bonds. The van der Waals surface area contributed by atoms with Crippen LogP contribution in [0.25, 0.3) is 5.57 Å². The highest BCUT2D eigenvalue weighted by atomic mass is 35.5. The number of hydrogen-bond donors (Lipinski definition) is 0. The highest BCUT2D eigenvalue weighted by Crippen LogP contribution is 2.25. The van der Waals surface area contributed by atoms with Gasteiger partial charge in [0, 0.05) is 19.3 Å². The van der Waals surface area contributed by atoms with Crippen molar-refractivity contribution >= 4 is 27.2 Å². The summed E-state index contributed by atoms with van der Waals surface area (Å²) in [7, 11) is -3.49. The molecule has 0 unspecified atom stereocenters. The van der Waals surface area contributed by atoms with E-state index in [1.165, 1.54) is 4.31 Å². The molecule has 23 heavy (non-hydrogen) atoms. The van der Waals surface area contributed by atoms with E-state index >= 15 is 0 Å². The summed E-state index contributed by atoms with van der Waals surface area (Å²) < 4.78 is 27.1. The molecule has 120 valence electrons. The molecule has 2 heterocycles. The van der Waals surface area contributed by atoms with Gasteiger partial charge in [0.1, 0.15) is 0 Å². The van der Waals surface area contributed by atoms with E-state index in [1.807, 2.05) is 31.2 Å². The standard InChI is InChI=1S/C17H17ClN2O2S/c1-13-4-7-16(8-5-13)23(21,22)20-10-2-3-14(12-20)17-9-6-15(18)11-19-17/h3-9,11H,2,10,12H2,1H3. The predicted molar refractivity (Wildman–Crippen MR) is 91.8 cm³/mol. The minimum absolute atomic E-state index is 0.324. The zero-order chi connectivity index (χ0) is 16.4. The third-order valence-corrected chi connectivity index (χ3v) is 5.91. The first kappa shape index (κ1) is 16.2. The van der Waals surface area contributed by atoms with Gasteiger partial charge in [-0.25, -0.2) is 8.42 Å². The van der Waals surface area contributed by atoms with Crippen LogP contribution in [0.1, 0.15) is 17.7 Å². The second-order valence-corrected chi connectivity index (χ2v) is 7.91. The summed E-state index contributed by atoms with van der Waals surface area (Å²) in [5.74, 6) is 0. The number of hydrogen-bond acceptors (Lipinski definition) is 3. The summed E-state index contributed by atoms with van der Waals surface area (Å²) in [4.78, 5) is 4.61. The summed E-state index contributed by atoms with van der Waals surface area (Å²) >= 11 is 5.86. The van der Waals surface area contributed by atoms with Gasteiger partial charge in [0.15, 0.2) is 0 Å². The van der Waals surface area contributed by atoms with E-state index in [4.69, 9.17) is 11.6 Å². The SMILES string of the molecule is Cc1ccc(S(=O)(=O)N2CCC=C(c3ccc(Cl)cn3)C2)cc1. The van der Waals surface area contributed by atoms with Crippen molar-refractivity contribution in [2.24, 2.45) is 0 Å². The van der Waals surface area contributed by atoms with Crippen molar-refractivity contribution in [2.75, 3.05) is 13.1 Å². The molecule has 1 aromatic carbocycles. The fourth-order valence-corrected chi connectivity index (χ4v) is 4.08. The van der Waals surface area contributed by atoms with Gasteiger partial charge in [-0.1, -0.05) is 35.4 Å². The normalized spacial score (nSPS) is 16.2. The summed E-state index contributed by atoms with van der Waals surface area (Å²) in [6.45, 7) is 2.74. The molecule has 3 rings (SSSR count). The molecule has 0 saturated carbocycles. The Bertz CT molecular complexity index is 828. The second kappa shape index (κ2) is 6.43. The Morgan fingerprint density at radius 2 is 1.87 bits per heavy atom. The highest BCUT2D eigenvalue weighted by Gasteiger charge is 2.27. The first-order valence-corrected chi connectivity index (χ1v) is 9.16. The van der Waals surface area contributed by atoms with Gasteiger partial charge in [0.05, 0.1) is 15.6 Å². The largest absolute Gasteiger partial charge is 0.255 e. The van der Waals surface area contributed by atoms with Crippen LogP contribution in [-0.2, 0) is 10.0 Å². The zero-order valence-electron chi connectivity index (χ0n) is 12.7. The third kappa shape index (κ3) is 3.47. The lowest BCUT2D eigenvalue weighted by Gasteiger charge is -2.26. The molecule has 1 aliphatic rings. The summed E-state index contributed by atoms with van der Waals surface area (Å²) in [5, 5.41) is 0.564. The number of rotatable bonds is 3. The van der Waals surface area contributed by atoms with Crippen LogP contribution in [0.15, 0.2) is 53.6 Å². The van der Waals surface area contributed by atoms with E-state index in [-0.39, 0.29) is 0 Å². The minimum Gasteiger partial charge on any atom is -0.255 e. The molecule has 0 N–H and O–H groups in total. The van der Waals surface area contributed by atoms with E-state index in [0.29, 0.717) is 29.4 Å². The lowest BCUT2D eigenvalue weighted by atomic mass is 10.1. The van der Waals surface area contributed by atoms with Gasteiger partial charge < -0.3 is 0 Å². The maximum atomic E-state index is 12.8. The number of halogens is 1. The molecule has 0 radical (unpaired) electrons. The van der Waals surface area contributed by atoms with Crippen LogP contribution in [0.4, 0.5) is 0 Å². The van der Waals surface area contributed by atoms with Crippen LogP contribution in [0.5, 0.6) is 0 Å². The Morgan fingerprint density at radius 3 is 2.52 bits per heavy atom. The fourth-order valence-electron chi connectivity index (χ4n) is 2.53. The van der Waals surface area contributed by atoms with E-state index < -0.39 is 10.0 Å². The third-order valence-electron chi connectivity index (χ3n) is 3.83. The van der Waals surface area contributed by atoms with Crippen LogP contribution in [0.3, 0.4) is 0 Å². The van der Waals surface area contributed by atoms with Crippen molar-refractivity contribution in [1.29, 1.82) is 0 Å². The van der Waals surface area contributed by atoms with Gasteiger partial charge in [-0.15, -0.1) is 0 Å². The van der Waals surface area contributed by atoms with E-state index in [2.05, 4.69) is 4.98 Å². The lowest BCUT2D eigenvalue weighted by molar-refractivity contribution is 0.443. The van der Waals surface area contributed by atoms with Crippen LogP contribution < -0.4 is 0 Å². The maximum absolute atomic E-state index is 12.8. The Morgan fingerprint density at radius 1 is 1.13 bits per heavy atom. The summed E-state index contributed by atoms with van der Waals surface area (Å²) in [5.41, 5.74) is 2.70. The molecule has 0 aliphatic carbocycles. The first-order valence-electron chi connectivity index (χ1n) is 7.34. The monoisotopic (exact) mass is 348 g/mol. The molecule has 0 saturated heterocycles. The number of aryl methyl sites for hydroxylation is 1. The molecule has 0 bridgehead atoms. The molecule has 4 nitrogen and oxygen atoms in total. The van der Waals surface area contributed by atoms with Gasteiger partial charge in [-0.3, -0.25) is 4.98 Å². The number of benzene rings is 1. The first-order chi connectivity index (χ1) is 11.0. The molecule has 2 aromatic rings. The Kier molecular flexibility index (Phi) is 4.53. The van der Waals surface area contributed by atoms with Gasteiger partial charge in [0.25, 0.3) is 0 Å². The highest BCUT2D eigenvalue weighted by molar-refractivity contribution is 7.89. The van der Waals surface area contributed by atoms with Crippen molar-refractivity contribution in [3.05, 3.63) is 65.0 Å². The van der Waals surface area contributed by atoms with Crippen LogP contribution in [0, 0.1) is 6.92 Å². The fraction of sp³-hybridized carbons (Fsp3) is 0.235. The predicted octanol–water partition coefficient (Wildman–Crippen LogP) is 3.52. The molecule has 6 heteroatoms. The Balaban J connectivity index is 1.86. The van der Waals surface area contributed by atoms with Gasteiger partial charge in [0.2, 0.25) is 10.0 Å². The summed E-state index contributed by atoms with van der Waals surface area (Å²) in [6, 6.07) is 10.5. The maximum Gasteiger partial charge on any atom is 0.243 e. The van der Waals surface area contributed by atoms with Crippen LogP contribution in [-0.4, -0.2) is 30.8 Å². The van der Waals surface area contributed by atoms with E-state index in [0.717, 1.165) is 16.8 Å². The van der Waals surface area contributed by atoms with Gasteiger partial charge >= 0.3 is 0 Å². The minimum atomic E-state index is -3.49. The average molecular weight is 349 g/mol. The van der Waals surface area contributed by atoms with Gasteiger partial charge in [-0.05, 0) is 43.2 Å². The molecular weight excluding hydrogens is 332 g/mol. The molecular formula is C17H17ClN2O2S. The van der Waals surface area contributed by atoms with E-state index in [9.17, 15) is 8.42 Å². The van der Waals surface area contributed by atoms with Crippen molar-refractivity contribution in [2.45, 2.75) is 18.2 Å². The quantitative estimate of drug-likeness (QED) is 0.852. The van der Waals surface area contributed by atoms with Crippen LogP contribution in [0.2, 0.25) is 5.02 Å². The molecule has 1 aliphatic heterocycles. The molecule has 1 aromatic heterocycles. The molecule has 0 atom stereocenters. The van der Waals surface area contributed by atoms with E-state index in [1.54, 1.807) is 24.4 Å². The van der Waals surface area contributed by atoms with Gasteiger partial charge in [-0.2, -0.15) is 4.31 Å². The average Bonchev–Trinajstić information content (AvgIpc) is 2.56. The number of aromatic nitrogens is 1. The summed E-state index contributed by atoms with van der Waals surface area (Å²) in [6.07, 6.45) is 4.28.